The molecule has 1 heterocycles. The van der Waals surface area contributed by atoms with E-state index in [2.05, 4.69) is 5.32 Å². The Morgan fingerprint density at radius 1 is 0.893 bits per heavy atom. The van der Waals surface area contributed by atoms with Crippen LogP contribution in [0.25, 0.3) is 11.1 Å². The third-order valence-electron chi connectivity index (χ3n) is 5.45. The molecule has 1 saturated heterocycles. The molecule has 4 rings (SSSR count). The van der Waals surface area contributed by atoms with Gasteiger partial charge in [0.25, 0.3) is 0 Å². The summed E-state index contributed by atoms with van der Waals surface area (Å²) < 4.78 is 0. The highest BCUT2D eigenvalue weighted by atomic mass is 16.2. The van der Waals surface area contributed by atoms with Crippen LogP contribution in [-0.2, 0) is 14.4 Å². The van der Waals surface area contributed by atoms with Crippen LogP contribution in [0.2, 0.25) is 0 Å². The molecule has 2 aromatic carbocycles. The second-order valence-corrected chi connectivity index (χ2v) is 7.19. The van der Waals surface area contributed by atoms with E-state index in [1.165, 1.54) is 4.90 Å². The summed E-state index contributed by atoms with van der Waals surface area (Å²) in [6.07, 6.45) is 5.24. The van der Waals surface area contributed by atoms with Crippen LogP contribution in [0.1, 0.15) is 19.3 Å². The van der Waals surface area contributed by atoms with Crippen LogP contribution < -0.4 is 5.32 Å². The Morgan fingerprint density at radius 2 is 1.50 bits per heavy atom. The maximum Gasteiger partial charge on any atom is 0.233 e. The van der Waals surface area contributed by atoms with E-state index in [-0.39, 0.29) is 42.5 Å². The van der Waals surface area contributed by atoms with Gasteiger partial charge >= 0.3 is 0 Å². The highest BCUT2D eigenvalue weighted by Crippen LogP contribution is 2.35. The van der Waals surface area contributed by atoms with E-state index >= 15 is 0 Å². The van der Waals surface area contributed by atoms with Crippen molar-refractivity contribution >= 4 is 23.4 Å². The second-order valence-electron chi connectivity index (χ2n) is 7.19. The molecule has 5 heteroatoms. The van der Waals surface area contributed by atoms with Gasteiger partial charge in [-0.05, 0) is 24.5 Å². The van der Waals surface area contributed by atoms with Gasteiger partial charge in [-0.25, -0.2) is 0 Å². The lowest BCUT2D eigenvalue weighted by Crippen LogP contribution is -2.34. The number of hydrogen-bond acceptors (Lipinski definition) is 3. The summed E-state index contributed by atoms with van der Waals surface area (Å²) in [5.74, 6) is -0.996. The van der Waals surface area contributed by atoms with Crippen molar-refractivity contribution in [2.45, 2.75) is 19.3 Å². The number of allylic oxidation sites excluding steroid dienone is 2. The van der Waals surface area contributed by atoms with E-state index in [1.54, 1.807) is 0 Å². The summed E-state index contributed by atoms with van der Waals surface area (Å²) in [7, 11) is 0. The van der Waals surface area contributed by atoms with Crippen LogP contribution in [-0.4, -0.2) is 29.2 Å². The molecule has 28 heavy (non-hydrogen) atoms. The molecule has 1 aliphatic heterocycles. The highest BCUT2D eigenvalue weighted by Gasteiger charge is 2.46. The molecule has 0 aromatic heterocycles. The maximum absolute atomic E-state index is 12.5. The maximum atomic E-state index is 12.5. The minimum absolute atomic E-state index is 0.0907. The number of nitrogens with one attached hydrogen (secondary N) is 1. The first-order chi connectivity index (χ1) is 13.6. The molecule has 0 bridgehead atoms. The Balaban J connectivity index is 1.41. The number of amides is 3. The van der Waals surface area contributed by atoms with E-state index in [0.29, 0.717) is 12.8 Å². The van der Waals surface area contributed by atoms with Crippen LogP contribution >= 0.6 is 0 Å². The molecular weight excluding hydrogens is 352 g/mol. The fourth-order valence-electron chi connectivity index (χ4n) is 3.98. The second kappa shape index (κ2) is 7.80. The van der Waals surface area contributed by atoms with Gasteiger partial charge in [-0.2, -0.15) is 0 Å². The van der Waals surface area contributed by atoms with Crippen LogP contribution in [0.4, 0.5) is 5.69 Å². The van der Waals surface area contributed by atoms with Crippen molar-refractivity contribution in [1.29, 1.82) is 0 Å². The lowest BCUT2D eigenvalue weighted by atomic mass is 9.85. The number of fused-ring (bicyclic) bond motifs is 1. The minimum Gasteiger partial charge on any atom is -0.325 e. The smallest absolute Gasteiger partial charge is 0.233 e. The number of rotatable bonds is 5. The van der Waals surface area contributed by atoms with Crippen molar-refractivity contribution in [2.75, 3.05) is 11.9 Å². The topological polar surface area (TPSA) is 66.5 Å². The van der Waals surface area contributed by atoms with Crippen molar-refractivity contribution in [1.82, 2.24) is 4.90 Å². The molecule has 2 unspecified atom stereocenters. The summed E-state index contributed by atoms with van der Waals surface area (Å²) in [5, 5.41) is 2.92. The van der Waals surface area contributed by atoms with Gasteiger partial charge in [0.15, 0.2) is 0 Å². The summed E-state index contributed by atoms with van der Waals surface area (Å²) in [5.41, 5.74) is 2.66. The van der Waals surface area contributed by atoms with Crippen molar-refractivity contribution in [3.8, 4) is 11.1 Å². The Labute approximate surface area is 164 Å². The van der Waals surface area contributed by atoms with Gasteiger partial charge in [0, 0.05) is 24.2 Å². The van der Waals surface area contributed by atoms with E-state index in [4.69, 9.17) is 0 Å². The van der Waals surface area contributed by atoms with Crippen LogP contribution in [0.3, 0.4) is 0 Å². The Kier molecular flexibility index (Phi) is 5.06. The van der Waals surface area contributed by atoms with Gasteiger partial charge in [0.05, 0.1) is 11.8 Å². The first-order valence-electron chi connectivity index (χ1n) is 9.59. The minimum atomic E-state index is -0.251. The molecule has 2 aliphatic rings. The normalized spacial score (nSPS) is 20.9. The standard InChI is InChI=1S/C23H22N2O3/c26-21(14-15-25-22(27)18-11-4-5-12-19(18)23(25)28)24-20-13-7-6-10-17(20)16-8-2-1-3-9-16/h1-10,13,18-19H,11-12,14-15H2,(H,24,26). The lowest BCUT2D eigenvalue weighted by molar-refractivity contribution is -0.140. The summed E-state index contributed by atoms with van der Waals surface area (Å²) in [6.45, 7) is 0.129. The Bertz CT molecular complexity index is 910. The molecule has 2 atom stereocenters. The van der Waals surface area contributed by atoms with Gasteiger partial charge in [-0.1, -0.05) is 60.7 Å². The fraction of sp³-hybridized carbons (Fsp3) is 0.261. The van der Waals surface area contributed by atoms with E-state index < -0.39 is 0 Å². The number of para-hydroxylation sites is 1. The van der Waals surface area contributed by atoms with Gasteiger partial charge < -0.3 is 5.32 Å². The number of carbonyl (C=O) groups is 3. The average Bonchev–Trinajstić information content (AvgIpc) is 2.98. The fourth-order valence-corrected chi connectivity index (χ4v) is 3.98. The van der Waals surface area contributed by atoms with Gasteiger partial charge in [-0.3, -0.25) is 19.3 Å². The zero-order valence-electron chi connectivity index (χ0n) is 15.5. The van der Waals surface area contributed by atoms with Crippen LogP contribution in [0, 0.1) is 11.8 Å². The lowest BCUT2D eigenvalue weighted by Gasteiger charge is -2.15. The molecule has 1 N–H and O–H groups in total. The molecule has 1 aliphatic carbocycles. The van der Waals surface area contributed by atoms with Crippen LogP contribution in [0.15, 0.2) is 66.7 Å². The first-order valence-corrected chi connectivity index (χ1v) is 9.59. The van der Waals surface area contributed by atoms with Crippen molar-refractivity contribution < 1.29 is 14.4 Å². The number of hydrogen-bond donors (Lipinski definition) is 1. The van der Waals surface area contributed by atoms with E-state index in [9.17, 15) is 14.4 Å². The summed E-state index contributed by atoms with van der Waals surface area (Å²) >= 11 is 0. The summed E-state index contributed by atoms with van der Waals surface area (Å²) in [4.78, 5) is 38.8. The van der Waals surface area contributed by atoms with Crippen molar-refractivity contribution in [2.24, 2.45) is 11.8 Å². The zero-order chi connectivity index (χ0) is 19.5. The number of benzene rings is 2. The molecule has 5 nitrogen and oxygen atoms in total. The molecule has 1 fully saturated rings. The predicted molar refractivity (Wildman–Crippen MR) is 107 cm³/mol. The van der Waals surface area contributed by atoms with Gasteiger partial charge in [0.1, 0.15) is 0 Å². The third kappa shape index (κ3) is 3.48. The quantitative estimate of drug-likeness (QED) is 0.642. The summed E-state index contributed by atoms with van der Waals surface area (Å²) in [6, 6.07) is 17.4. The van der Waals surface area contributed by atoms with Crippen molar-refractivity contribution in [3.63, 3.8) is 0 Å². The molecule has 3 amide bonds. The highest BCUT2D eigenvalue weighted by molar-refractivity contribution is 6.06. The number of anilines is 1. The predicted octanol–water partition coefficient (Wildman–Crippen LogP) is 3.63. The molecular formula is C23H22N2O3. The van der Waals surface area contributed by atoms with E-state index in [1.807, 2.05) is 66.7 Å². The zero-order valence-corrected chi connectivity index (χ0v) is 15.5. The van der Waals surface area contributed by atoms with Gasteiger partial charge in [0.2, 0.25) is 17.7 Å². The van der Waals surface area contributed by atoms with E-state index in [0.717, 1.165) is 16.8 Å². The molecule has 0 radical (unpaired) electrons. The molecule has 0 spiro atoms. The largest absolute Gasteiger partial charge is 0.325 e. The molecule has 2 aromatic rings. The SMILES string of the molecule is O=C(CCN1C(=O)C2CC=CCC2C1=O)Nc1ccccc1-c1ccccc1. The Morgan fingerprint density at radius 3 is 2.18 bits per heavy atom. The third-order valence-corrected chi connectivity index (χ3v) is 5.45. The van der Waals surface area contributed by atoms with Crippen molar-refractivity contribution in [3.05, 3.63) is 66.7 Å². The first kappa shape index (κ1) is 18.2. The monoisotopic (exact) mass is 374 g/mol. The van der Waals surface area contributed by atoms with Crippen LogP contribution in [0.5, 0.6) is 0 Å². The number of nitrogens with zero attached hydrogens (tertiary/aromatic N) is 1. The number of imide groups is 1. The average molecular weight is 374 g/mol. The molecule has 142 valence electrons. The number of likely N-dealkylation sites (tertiary alicyclic amines) is 1. The van der Waals surface area contributed by atoms with Gasteiger partial charge in [-0.15, -0.1) is 0 Å². The number of carbonyl (C=O) groups excluding carboxylic acids is 3. The Hall–Kier alpha value is -3.21. The molecule has 0 saturated carbocycles.